The van der Waals surface area contributed by atoms with Crippen LogP contribution < -0.4 is 10.5 Å². The van der Waals surface area contributed by atoms with Crippen molar-refractivity contribution in [2.75, 3.05) is 18.9 Å². The number of hydrogen-bond acceptors (Lipinski definition) is 5. The highest BCUT2D eigenvalue weighted by Crippen LogP contribution is 2.13. The number of unbranched alkanes of at least 4 members (excludes halogenated alkanes) is 5. The van der Waals surface area contributed by atoms with Gasteiger partial charge in [0, 0.05) is 12.7 Å². The molecule has 1 aromatic heterocycles. The molecule has 0 unspecified atom stereocenters. The first-order valence-electron chi connectivity index (χ1n) is 7.60. The number of hydrogen-bond donors (Lipinski definition) is 1. The van der Waals surface area contributed by atoms with Crippen LogP contribution in [0.4, 0.5) is 5.82 Å². The van der Waals surface area contributed by atoms with Crippen LogP contribution in [0.15, 0.2) is 6.07 Å². The Labute approximate surface area is 121 Å². The SMILES string of the molecule is CCCCCCCCOc1cc(N)nc(COCC)n1. The quantitative estimate of drug-likeness (QED) is 0.630. The van der Waals surface area contributed by atoms with E-state index in [1.165, 1.54) is 32.1 Å². The average molecular weight is 281 g/mol. The summed E-state index contributed by atoms with van der Waals surface area (Å²) in [7, 11) is 0. The molecule has 5 heteroatoms. The molecule has 0 bridgehead atoms. The Morgan fingerprint density at radius 1 is 1.05 bits per heavy atom. The summed E-state index contributed by atoms with van der Waals surface area (Å²) in [5.74, 6) is 1.54. The van der Waals surface area contributed by atoms with Gasteiger partial charge in [-0.1, -0.05) is 39.0 Å². The Bertz CT molecular complexity index is 372. The lowest BCUT2D eigenvalue weighted by atomic mass is 10.1. The minimum absolute atomic E-state index is 0.370. The number of nitrogen functional groups attached to an aromatic ring is 1. The molecule has 0 aromatic carbocycles. The lowest BCUT2D eigenvalue weighted by molar-refractivity contribution is 0.127. The first-order chi connectivity index (χ1) is 9.76. The summed E-state index contributed by atoms with van der Waals surface area (Å²) < 4.78 is 10.9. The van der Waals surface area contributed by atoms with Gasteiger partial charge in [0.15, 0.2) is 5.82 Å². The fourth-order valence-electron chi connectivity index (χ4n) is 1.88. The highest BCUT2D eigenvalue weighted by molar-refractivity contribution is 5.32. The molecule has 0 spiro atoms. The smallest absolute Gasteiger partial charge is 0.218 e. The normalized spacial score (nSPS) is 10.7. The molecule has 5 nitrogen and oxygen atoms in total. The van der Waals surface area contributed by atoms with E-state index in [1.54, 1.807) is 6.07 Å². The largest absolute Gasteiger partial charge is 0.478 e. The molecule has 1 aromatic rings. The van der Waals surface area contributed by atoms with Gasteiger partial charge in [0.2, 0.25) is 5.88 Å². The Kier molecular flexibility index (Phi) is 8.71. The minimum atomic E-state index is 0.370. The van der Waals surface area contributed by atoms with Crippen molar-refractivity contribution >= 4 is 5.82 Å². The van der Waals surface area contributed by atoms with E-state index in [0.717, 1.165) is 6.42 Å². The number of nitrogens with two attached hydrogens (primary N) is 1. The molecule has 0 saturated heterocycles. The highest BCUT2D eigenvalue weighted by Gasteiger charge is 2.04. The van der Waals surface area contributed by atoms with Gasteiger partial charge >= 0.3 is 0 Å². The van der Waals surface area contributed by atoms with Gasteiger partial charge in [0.05, 0.1) is 6.61 Å². The summed E-state index contributed by atoms with van der Waals surface area (Å²) in [4.78, 5) is 8.39. The minimum Gasteiger partial charge on any atom is -0.478 e. The standard InChI is InChI=1S/C15H27N3O2/c1-3-5-6-7-8-9-10-20-15-11-13(16)17-14(18-15)12-19-4-2/h11H,3-10,12H2,1-2H3,(H2,16,17,18). The molecule has 0 aliphatic carbocycles. The molecule has 1 rings (SSSR count). The first-order valence-corrected chi connectivity index (χ1v) is 7.60. The molecule has 114 valence electrons. The van der Waals surface area contributed by atoms with E-state index in [-0.39, 0.29) is 0 Å². The van der Waals surface area contributed by atoms with Crippen molar-refractivity contribution in [3.63, 3.8) is 0 Å². The molecule has 0 fully saturated rings. The van der Waals surface area contributed by atoms with Crippen LogP contribution in [0.2, 0.25) is 0 Å². The van der Waals surface area contributed by atoms with E-state index >= 15 is 0 Å². The van der Waals surface area contributed by atoms with E-state index in [4.69, 9.17) is 15.2 Å². The summed E-state index contributed by atoms with van der Waals surface area (Å²) >= 11 is 0. The second kappa shape index (κ2) is 10.4. The van der Waals surface area contributed by atoms with Gasteiger partial charge in [0.25, 0.3) is 0 Å². The molecule has 0 radical (unpaired) electrons. The van der Waals surface area contributed by atoms with Crippen molar-refractivity contribution in [2.45, 2.75) is 59.0 Å². The number of nitrogens with zero attached hydrogens (tertiary/aromatic N) is 2. The van der Waals surface area contributed by atoms with E-state index in [2.05, 4.69) is 16.9 Å². The van der Waals surface area contributed by atoms with Gasteiger partial charge < -0.3 is 15.2 Å². The summed E-state index contributed by atoms with van der Waals surface area (Å²) in [6.07, 6.45) is 7.44. The molecule has 0 aliphatic rings. The second-order valence-corrected chi connectivity index (χ2v) is 4.80. The summed E-state index contributed by atoms with van der Waals surface area (Å²) in [6, 6.07) is 1.66. The van der Waals surface area contributed by atoms with Crippen LogP contribution in [0.25, 0.3) is 0 Å². The zero-order chi connectivity index (χ0) is 14.6. The number of rotatable bonds is 11. The lowest BCUT2D eigenvalue weighted by Crippen LogP contribution is -2.06. The van der Waals surface area contributed by atoms with Crippen molar-refractivity contribution in [3.05, 3.63) is 11.9 Å². The van der Waals surface area contributed by atoms with Crippen molar-refractivity contribution in [1.29, 1.82) is 0 Å². The van der Waals surface area contributed by atoms with Gasteiger partial charge in [-0.2, -0.15) is 4.98 Å². The third kappa shape index (κ3) is 7.28. The third-order valence-electron chi connectivity index (χ3n) is 2.95. The third-order valence-corrected chi connectivity index (χ3v) is 2.95. The van der Waals surface area contributed by atoms with Gasteiger partial charge in [-0.05, 0) is 13.3 Å². The van der Waals surface area contributed by atoms with Crippen LogP contribution in [0, 0.1) is 0 Å². The number of ether oxygens (including phenoxy) is 2. The fourth-order valence-corrected chi connectivity index (χ4v) is 1.88. The Balaban J connectivity index is 2.26. The Morgan fingerprint density at radius 3 is 2.55 bits per heavy atom. The first kappa shape index (κ1) is 16.7. The molecule has 2 N–H and O–H groups in total. The number of anilines is 1. The van der Waals surface area contributed by atoms with Gasteiger partial charge in [-0.25, -0.2) is 4.98 Å². The summed E-state index contributed by atoms with van der Waals surface area (Å²) in [5.41, 5.74) is 5.73. The van der Waals surface area contributed by atoms with Crippen molar-refractivity contribution in [1.82, 2.24) is 9.97 Å². The zero-order valence-electron chi connectivity index (χ0n) is 12.7. The van der Waals surface area contributed by atoms with Crippen molar-refractivity contribution in [2.24, 2.45) is 0 Å². The predicted molar refractivity (Wildman–Crippen MR) is 80.6 cm³/mol. The van der Waals surface area contributed by atoms with E-state index < -0.39 is 0 Å². The molecule has 0 aliphatic heterocycles. The Morgan fingerprint density at radius 2 is 1.80 bits per heavy atom. The van der Waals surface area contributed by atoms with Gasteiger partial charge in [0.1, 0.15) is 12.4 Å². The number of aromatic nitrogens is 2. The highest BCUT2D eigenvalue weighted by atomic mass is 16.5. The Hall–Kier alpha value is -1.36. The van der Waals surface area contributed by atoms with Crippen LogP contribution >= 0.6 is 0 Å². The zero-order valence-corrected chi connectivity index (χ0v) is 12.7. The maximum Gasteiger partial charge on any atom is 0.218 e. The topological polar surface area (TPSA) is 70.3 Å². The fraction of sp³-hybridized carbons (Fsp3) is 0.733. The summed E-state index contributed by atoms with van der Waals surface area (Å²) in [5, 5.41) is 0. The monoisotopic (exact) mass is 281 g/mol. The van der Waals surface area contributed by atoms with Crippen molar-refractivity contribution in [3.8, 4) is 5.88 Å². The molecule has 0 atom stereocenters. The van der Waals surface area contributed by atoms with Crippen LogP contribution in [0.1, 0.15) is 58.2 Å². The predicted octanol–water partition coefficient (Wildman–Crippen LogP) is 3.33. The van der Waals surface area contributed by atoms with Crippen LogP contribution in [0.5, 0.6) is 5.88 Å². The molecule has 0 saturated carbocycles. The van der Waals surface area contributed by atoms with Crippen LogP contribution in [-0.4, -0.2) is 23.2 Å². The van der Waals surface area contributed by atoms with E-state index in [0.29, 0.717) is 37.3 Å². The lowest BCUT2D eigenvalue weighted by Gasteiger charge is -2.08. The molecule has 1 heterocycles. The van der Waals surface area contributed by atoms with E-state index in [1.807, 2.05) is 6.92 Å². The van der Waals surface area contributed by atoms with Gasteiger partial charge in [-0.15, -0.1) is 0 Å². The maximum atomic E-state index is 5.73. The van der Waals surface area contributed by atoms with Crippen molar-refractivity contribution < 1.29 is 9.47 Å². The summed E-state index contributed by atoms with van der Waals surface area (Å²) in [6.45, 7) is 5.84. The van der Waals surface area contributed by atoms with Gasteiger partial charge in [-0.3, -0.25) is 0 Å². The van der Waals surface area contributed by atoms with E-state index in [9.17, 15) is 0 Å². The van der Waals surface area contributed by atoms with Crippen LogP contribution in [0.3, 0.4) is 0 Å². The maximum absolute atomic E-state index is 5.73. The molecular formula is C15H27N3O2. The second-order valence-electron chi connectivity index (χ2n) is 4.80. The molecular weight excluding hydrogens is 254 g/mol. The molecule has 0 amide bonds. The molecule has 20 heavy (non-hydrogen) atoms. The van der Waals surface area contributed by atoms with Crippen LogP contribution in [-0.2, 0) is 11.3 Å². The average Bonchev–Trinajstić information content (AvgIpc) is 2.43.